The summed E-state index contributed by atoms with van der Waals surface area (Å²) in [7, 11) is 4.06. The maximum Gasteiger partial charge on any atom is 0.139 e. The predicted molar refractivity (Wildman–Crippen MR) is 81.3 cm³/mol. The summed E-state index contributed by atoms with van der Waals surface area (Å²) in [5.41, 5.74) is 2.96. The number of aromatic nitrogens is 2. The van der Waals surface area contributed by atoms with Gasteiger partial charge in [0.05, 0.1) is 0 Å². The van der Waals surface area contributed by atoms with Crippen LogP contribution in [0, 0.1) is 11.8 Å². The Hall–Kier alpha value is -2.09. The average molecular weight is 268 g/mol. The lowest BCUT2D eigenvalue weighted by Gasteiger charge is -2.15. The minimum absolute atomic E-state index is 0.824. The van der Waals surface area contributed by atoms with Crippen LogP contribution in [0.2, 0.25) is 0 Å². The van der Waals surface area contributed by atoms with Crippen LogP contribution in [0.3, 0.4) is 0 Å². The lowest BCUT2D eigenvalue weighted by molar-refractivity contribution is 0.328. The van der Waals surface area contributed by atoms with Crippen molar-refractivity contribution in [3.63, 3.8) is 0 Å². The summed E-state index contributed by atoms with van der Waals surface area (Å²) in [4.78, 5) is 2.25. The highest BCUT2D eigenvalue weighted by Gasteiger charge is 2.06. The molecule has 0 fully saturated rings. The first-order valence-corrected chi connectivity index (χ1v) is 6.72. The Balaban J connectivity index is 2.04. The number of H-pyrrole nitrogens is 1. The molecule has 4 nitrogen and oxygen atoms in total. The minimum atomic E-state index is 0.824. The van der Waals surface area contributed by atoms with Crippen molar-refractivity contribution in [2.24, 2.45) is 0 Å². The number of hydrogen-bond donors (Lipinski definition) is 2. The van der Waals surface area contributed by atoms with Crippen molar-refractivity contribution in [2.75, 3.05) is 27.2 Å². The Morgan fingerprint density at radius 3 is 2.80 bits per heavy atom. The zero-order valence-electron chi connectivity index (χ0n) is 12.0. The predicted octanol–water partition coefficient (Wildman–Crippen LogP) is 1.46. The quantitative estimate of drug-likeness (QED) is 0.807. The number of hydrogen-bond acceptors (Lipinski definition) is 3. The summed E-state index contributed by atoms with van der Waals surface area (Å²) < 4.78 is 0. The van der Waals surface area contributed by atoms with E-state index >= 15 is 0 Å². The van der Waals surface area contributed by atoms with E-state index in [1.54, 1.807) is 0 Å². The molecule has 2 rings (SSSR count). The van der Waals surface area contributed by atoms with E-state index in [4.69, 9.17) is 0 Å². The van der Waals surface area contributed by atoms with Crippen LogP contribution in [-0.4, -0.2) is 42.3 Å². The van der Waals surface area contributed by atoms with Gasteiger partial charge in [-0.25, -0.2) is 0 Å². The summed E-state index contributed by atoms with van der Waals surface area (Å²) in [6.45, 7) is 2.81. The van der Waals surface area contributed by atoms with E-state index in [0.717, 1.165) is 36.5 Å². The first-order chi connectivity index (χ1) is 9.79. The summed E-state index contributed by atoms with van der Waals surface area (Å²) in [6, 6.07) is 9.96. The van der Waals surface area contributed by atoms with E-state index in [1.807, 2.05) is 43.6 Å². The standard InChI is InChI=1S/C16H20N4/c1-17-10-11-20(2)13-15-12-18-19-16(15)9-8-14-6-4-3-5-7-14/h3-7,12,17H,10-11,13H2,1-2H3,(H,18,19). The van der Waals surface area contributed by atoms with Gasteiger partial charge in [-0.1, -0.05) is 24.1 Å². The van der Waals surface area contributed by atoms with Crippen molar-refractivity contribution >= 4 is 0 Å². The van der Waals surface area contributed by atoms with Gasteiger partial charge in [-0.3, -0.25) is 5.10 Å². The number of nitrogens with one attached hydrogen (secondary N) is 2. The molecule has 0 amide bonds. The number of likely N-dealkylation sites (N-methyl/N-ethyl adjacent to an activating group) is 2. The van der Waals surface area contributed by atoms with Crippen molar-refractivity contribution in [1.82, 2.24) is 20.4 Å². The van der Waals surface area contributed by atoms with Crippen LogP contribution < -0.4 is 5.32 Å². The molecule has 1 aromatic carbocycles. The molecule has 2 N–H and O–H groups in total. The van der Waals surface area contributed by atoms with Crippen molar-refractivity contribution in [3.8, 4) is 11.8 Å². The summed E-state index contributed by atoms with van der Waals surface area (Å²) in [5, 5.41) is 10.3. The molecule has 0 atom stereocenters. The van der Waals surface area contributed by atoms with Crippen LogP contribution in [0.15, 0.2) is 36.5 Å². The smallest absolute Gasteiger partial charge is 0.139 e. The zero-order valence-corrected chi connectivity index (χ0v) is 12.0. The molecule has 0 bridgehead atoms. The number of rotatable bonds is 5. The van der Waals surface area contributed by atoms with Crippen molar-refractivity contribution < 1.29 is 0 Å². The van der Waals surface area contributed by atoms with E-state index < -0.39 is 0 Å². The molecular weight excluding hydrogens is 248 g/mol. The highest BCUT2D eigenvalue weighted by atomic mass is 15.1. The maximum atomic E-state index is 4.22. The molecule has 20 heavy (non-hydrogen) atoms. The van der Waals surface area contributed by atoms with Crippen LogP contribution in [-0.2, 0) is 6.54 Å². The van der Waals surface area contributed by atoms with Crippen LogP contribution in [0.5, 0.6) is 0 Å². The fraction of sp³-hybridized carbons (Fsp3) is 0.312. The summed E-state index contributed by atoms with van der Waals surface area (Å²) >= 11 is 0. The van der Waals surface area contributed by atoms with E-state index in [9.17, 15) is 0 Å². The highest BCUT2D eigenvalue weighted by Crippen LogP contribution is 2.06. The van der Waals surface area contributed by atoms with Gasteiger partial charge < -0.3 is 10.2 Å². The fourth-order valence-corrected chi connectivity index (χ4v) is 1.87. The first kappa shape index (κ1) is 14.3. The second-order valence-electron chi connectivity index (χ2n) is 4.72. The molecule has 104 valence electrons. The topological polar surface area (TPSA) is 44.0 Å². The molecule has 0 unspecified atom stereocenters. The molecular formula is C16H20N4. The zero-order chi connectivity index (χ0) is 14.2. The van der Waals surface area contributed by atoms with Crippen LogP contribution in [0.4, 0.5) is 0 Å². The van der Waals surface area contributed by atoms with Gasteiger partial charge in [0.1, 0.15) is 5.69 Å². The van der Waals surface area contributed by atoms with Crippen LogP contribution in [0.25, 0.3) is 0 Å². The number of benzene rings is 1. The molecule has 0 radical (unpaired) electrons. The molecule has 1 heterocycles. The van der Waals surface area contributed by atoms with Gasteiger partial charge >= 0.3 is 0 Å². The van der Waals surface area contributed by atoms with Gasteiger partial charge in [0, 0.05) is 37.0 Å². The third kappa shape index (κ3) is 4.23. The Morgan fingerprint density at radius 1 is 1.25 bits per heavy atom. The number of aromatic amines is 1. The molecule has 0 aliphatic heterocycles. The Kier molecular flexibility index (Phi) is 5.36. The van der Waals surface area contributed by atoms with Crippen molar-refractivity contribution in [1.29, 1.82) is 0 Å². The maximum absolute atomic E-state index is 4.22. The van der Waals surface area contributed by atoms with E-state index in [1.165, 1.54) is 0 Å². The van der Waals surface area contributed by atoms with Crippen LogP contribution >= 0.6 is 0 Å². The molecule has 0 saturated carbocycles. The van der Waals surface area contributed by atoms with Crippen molar-refractivity contribution in [2.45, 2.75) is 6.54 Å². The van der Waals surface area contributed by atoms with Crippen LogP contribution in [0.1, 0.15) is 16.8 Å². The number of nitrogens with zero attached hydrogens (tertiary/aromatic N) is 2. The fourth-order valence-electron chi connectivity index (χ4n) is 1.87. The Labute approximate surface area is 120 Å². The van der Waals surface area contributed by atoms with Gasteiger partial charge in [-0.2, -0.15) is 5.10 Å². The molecule has 4 heteroatoms. The normalized spacial score (nSPS) is 10.3. The Bertz CT molecular complexity index is 577. The molecule has 2 aromatic rings. The van der Waals surface area contributed by atoms with E-state index in [0.29, 0.717) is 0 Å². The lowest BCUT2D eigenvalue weighted by atomic mass is 10.2. The van der Waals surface area contributed by atoms with E-state index in [2.05, 4.69) is 39.3 Å². The summed E-state index contributed by atoms with van der Waals surface area (Å²) in [5.74, 6) is 6.28. The molecule has 1 aromatic heterocycles. The van der Waals surface area contributed by atoms with Gasteiger partial charge in [0.2, 0.25) is 0 Å². The Morgan fingerprint density at radius 2 is 2.05 bits per heavy atom. The summed E-state index contributed by atoms with van der Waals surface area (Å²) in [6.07, 6.45) is 1.92. The molecule has 0 aliphatic rings. The molecule has 0 saturated heterocycles. The van der Waals surface area contributed by atoms with Gasteiger partial charge in [0.15, 0.2) is 0 Å². The second kappa shape index (κ2) is 7.49. The van der Waals surface area contributed by atoms with Gasteiger partial charge in [-0.15, -0.1) is 0 Å². The highest BCUT2D eigenvalue weighted by molar-refractivity contribution is 5.42. The molecule has 0 aliphatic carbocycles. The van der Waals surface area contributed by atoms with E-state index in [-0.39, 0.29) is 0 Å². The van der Waals surface area contributed by atoms with Gasteiger partial charge in [0.25, 0.3) is 0 Å². The molecule has 0 spiro atoms. The largest absolute Gasteiger partial charge is 0.318 e. The lowest BCUT2D eigenvalue weighted by Crippen LogP contribution is -2.27. The third-order valence-corrected chi connectivity index (χ3v) is 3.00. The SMILES string of the molecule is CNCCN(C)Cc1c[nH]nc1C#Cc1ccccc1. The minimum Gasteiger partial charge on any atom is -0.318 e. The first-order valence-electron chi connectivity index (χ1n) is 6.72. The second-order valence-corrected chi connectivity index (χ2v) is 4.72. The van der Waals surface area contributed by atoms with Crippen molar-refractivity contribution in [3.05, 3.63) is 53.3 Å². The monoisotopic (exact) mass is 268 g/mol. The van der Waals surface area contributed by atoms with Gasteiger partial charge in [-0.05, 0) is 32.1 Å². The third-order valence-electron chi connectivity index (χ3n) is 3.00. The average Bonchev–Trinajstić information content (AvgIpc) is 2.91.